The molecular weight excluding hydrogens is 282 g/mol. The van der Waals surface area contributed by atoms with E-state index in [1.807, 2.05) is 48.5 Å². The van der Waals surface area contributed by atoms with Crippen molar-refractivity contribution in [1.29, 1.82) is 0 Å². The molecule has 0 N–H and O–H groups in total. The van der Waals surface area contributed by atoms with Gasteiger partial charge in [-0.3, -0.25) is 4.79 Å². The topological polar surface area (TPSA) is 20.3 Å². The number of carbonyl (C=O) groups excluding carboxylic acids is 1. The normalized spacial score (nSPS) is 10.5. The first-order valence-corrected chi connectivity index (χ1v) is 7.65. The molecule has 1 amide bonds. The van der Waals surface area contributed by atoms with Crippen molar-refractivity contribution in [3.63, 3.8) is 0 Å². The Morgan fingerprint density at radius 1 is 0.913 bits per heavy atom. The Kier molecular flexibility index (Phi) is 4.24. The van der Waals surface area contributed by atoms with Gasteiger partial charge in [-0.1, -0.05) is 73.3 Å². The lowest BCUT2D eigenvalue weighted by atomic mass is 10.0. The molecule has 3 rings (SSSR count). The fraction of sp³-hybridized carbons (Fsp3) is 0.0952. The summed E-state index contributed by atoms with van der Waals surface area (Å²) in [6.07, 6.45) is 0. The van der Waals surface area contributed by atoms with Gasteiger partial charge in [0.2, 0.25) is 5.91 Å². The molecule has 0 aliphatic heterocycles. The van der Waals surface area contributed by atoms with Crippen LogP contribution in [0.4, 0.5) is 0 Å². The molecule has 2 nitrogen and oxygen atoms in total. The first-order chi connectivity index (χ1) is 11.1. The third-order valence-electron chi connectivity index (χ3n) is 3.97. The zero-order valence-corrected chi connectivity index (χ0v) is 13.2. The maximum Gasteiger partial charge on any atom is 0.224 e. The predicted molar refractivity (Wildman–Crippen MR) is 95.6 cm³/mol. The monoisotopic (exact) mass is 301 g/mol. The van der Waals surface area contributed by atoms with Crippen molar-refractivity contribution in [2.45, 2.75) is 13.5 Å². The number of rotatable bonds is 4. The van der Waals surface area contributed by atoms with Gasteiger partial charge in [0, 0.05) is 12.6 Å². The zero-order chi connectivity index (χ0) is 16.2. The second-order valence-electron chi connectivity index (χ2n) is 5.60. The molecule has 2 heteroatoms. The summed E-state index contributed by atoms with van der Waals surface area (Å²) in [6, 6.07) is 24.3. The summed E-state index contributed by atoms with van der Waals surface area (Å²) >= 11 is 0. The molecule has 0 aromatic heterocycles. The highest BCUT2D eigenvalue weighted by atomic mass is 16.2. The molecule has 0 atom stereocenters. The van der Waals surface area contributed by atoms with Crippen LogP contribution in [0.1, 0.15) is 18.1 Å². The highest BCUT2D eigenvalue weighted by Gasteiger charge is 2.15. The lowest BCUT2D eigenvalue weighted by Gasteiger charge is -2.24. The van der Waals surface area contributed by atoms with Crippen molar-refractivity contribution in [3.05, 3.63) is 90.5 Å². The zero-order valence-electron chi connectivity index (χ0n) is 13.2. The molecule has 0 bridgehead atoms. The van der Waals surface area contributed by atoms with Gasteiger partial charge < -0.3 is 4.90 Å². The quantitative estimate of drug-likeness (QED) is 0.674. The van der Waals surface area contributed by atoms with E-state index in [-0.39, 0.29) is 5.91 Å². The van der Waals surface area contributed by atoms with Crippen molar-refractivity contribution < 1.29 is 4.79 Å². The Morgan fingerprint density at radius 2 is 1.57 bits per heavy atom. The van der Waals surface area contributed by atoms with Crippen LogP contribution < -0.4 is 0 Å². The number of benzene rings is 3. The van der Waals surface area contributed by atoms with Crippen molar-refractivity contribution in [3.8, 4) is 0 Å². The molecule has 0 aliphatic carbocycles. The molecule has 0 aliphatic rings. The van der Waals surface area contributed by atoms with E-state index in [2.05, 4.69) is 30.8 Å². The van der Waals surface area contributed by atoms with Crippen molar-refractivity contribution in [2.24, 2.45) is 0 Å². The minimum Gasteiger partial charge on any atom is -0.308 e. The van der Waals surface area contributed by atoms with E-state index in [9.17, 15) is 4.79 Å². The van der Waals surface area contributed by atoms with Crippen LogP contribution in [0.2, 0.25) is 0 Å². The summed E-state index contributed by atoms with van der Waals surface area (Å²) < 4.78 is 0. The van der Waals surface area contributed by atoms with Gasteiger partial charge in [0.15, 0.2) is 0 Å². The van der Waals surface area contributed by atoms with E-state index in [1.165, 1.54) is 5.39 Å². The second-order valence-corrected chi connectivity index (χ2v) is 5.60. The van der Waals surface area contributed by atoms with Crippen LogP contribution in [-0.2, 0) is 11.3 Å². The Balaban J connectivity index is 1.92. The van der Waals surface area contributed by atoms with E-state index in [0.29, 0.717) is 6.54 Å². The molecule has 23 heavy (non-hydrogen) atoms. The van der Waals surface area contributed by atoms with Crippen LogP contribution in [0.3, 0.4) is 0 Å². The highest BCUT2D eigenvalue weighted by Crippen LogP contribution is 2.24. The lowest BCUT2D eigenvalue weighted by molar-refractivity contribution is -0.126. The largest absolute Gasteiger partial charge is 0.308 e. The van der Waals surface area contributed by atoms with Crippen LogP contribution >= 0.6 is 0 Å². The number of nitrogens with zero attached hydrogens (tertiary/aromatic N) is 1. The smallest absolute Gasteiger partial charge is 0.224 e. The fourth-order valence-electron chi connectivity index (χ4n) is 2.69. The summed E-state index contributed by atoms with van der Waals surface area (Å²) in [5.41, 5.74) is 2.78. The van der Waals surface area contributed by atoms with Crippen LogP contribution in [-0.4, -0.2) is 10.8 Å². The van der Waals surface area contributed by atoms with Crippen molar-refractivity contribution in [2.75, 3.05) is 0 Å². The predicted octanol–water partition coefficient (Wildman–Crippen LogP) is 4.86. The summed E-state index contributed by atoms with van der Waals surface area (Å²) in [7, 11) is 0. The molecule has 114 valence electrons. The van der Waals surface area contributed by atoms with Gasteiger partial charge in [-0.15, -0.1) is 0 Å². The number of amides is 1. The van der Waals surface area contributed by atoms with E-state index >= 15 is 0 Å². The summed E-state index contributed by atoms with van der Waals surface area (Å²) in [4.78, 5) is 13.8. The fourth-order valence-corrected chi connectivity index (χ4v) is 2.69. The first kappa shape index (κ1) is 15.0. The van der Waals surface area contributed by atoms with Gasteiger partial charge in [0.1, 0.15) is 0 Å². The number of hydrogen-bond donors (Lipinski definition) is 0. The number of fused-ring (bicyclic) bond motifs is 1. The van der Waals surface area contributed by atoms with E-state index < -0.39 is 0 Å². The molecule has 0 unspecified atom stereocenters. The van der Waals surface area contributed by atoms with Crippen LogP contribution in [0.5, 0.6) is 0 Å². The number of hydrogen-bond acceptors (Lipinski definition) is 1. The molecule has 3 aromatic rings. The molecule has 0 radical (unpaired) electrons. The average molecular weight is 301 g/mol. The summed E-state index contributed by atoms with van der Waals surface area (Å²) in [6.45, 7) is 6.26. The molecular formula is C21H19NO. The van der Waals surface area contributed by atoms with Crippen LogP contribution in [0.25, 0.3) is 16.5 Å². The van der Waals surface area contributed by atoms with Crippen LogP contribution in [0.15, 0.2) is 79.4 Å². The van der Waals surface area contributed by atoms with Gasteiger partial charge in [-0.2, -0.15) is 0 Å². The maximum absolute atomic E-state index is 12.1. The van der Waals surface area contributed by atoms with E-state index in [0.717, 1.165) is 22.2 Å². The lowest BCUT2D eigenvalue weighted by Crippen LogP contribution is -2.26. The SMILES string of the molecule is C=C(c1ccc2ccccc2c1)N(Cc1ccccc1)C(C)=O. The Bertz CT molecular complexity index is 852. The maximum atomic E-state index is 12.1. The minimum absolute atomic E-state index is 0.00740. The van der Waals surface area contributed by atoms with Gasteiger partial charge in [0.05, 0.1) is 6.54 Å². The summed E-state index contributed by atoms with van der Waals surface area (Å²) in [5, 5.41) is 2.33. The molecule has 0 heterocycles. The van der Waals surface area contributed by atoms with Crippen molar-refractivity contribution in [1.82, 2.24) is 4.90 Å². The second kappa shape index (κ2) is 6.49. The van der Waals surface area contributed by atoms with Gasteiger partial charge in [0.25, 0.3) is 0 Å². The van der Waals surface area contributed by atoms with Gasteiger partial charge in [-0.05, 0) is 28.0 Å². The van der Waals surface area contributed by atoms with E-state index in [4.69, 9.17) is 0 Å². The minimum atomic E-state index is -0.00740. The first-order valence-electron chi connectivity index (χ1n) is 7.65. The van der Waals surface area contributed by atoms with E-state index in [1.54, 1.807) is 11.8 Å². The Morgan fingerprint density at radius 3 is 2.26 bits per heavy atom. The average Bonchev–Trinajstić information content (AvgIpc) is 2.59. The van der Waals surface area contributed by atoms with Gasteiger partial charge in [-0.25, -0.2) is 0 Å². The molecule has 0 saturated carbocycles. The standard InChI is InChI=1S/C21H19NO/c1-16(20-13-12-19-10-6-7-11-21(19)14-20)22(17(2)23)15-18-8-4-3-5-9-18/h3-14H,1,15H2,2H3. The molecule has 0 spiro atoms. The summed E-state index contributed by atoms with van der Waals surface area (Å²) in [5.74, 6) is -0.00740. The Labute approximate surface area is 136 Å². The molecule has 0 fully saturated rings. The molecule has 0 saturated heterocycles. The third kappa shape index (κ3) is 3.32. The Hall–Kier alpha value is -2.87. The molecule has 3 aromatic carbocycles. The van der Waals surface area contributed by atoms with Crippen molar-refractivity contribution >= 4 is 22.4 Å². The number of carbonyl (C=O) groups is 1. The third-order valence-corrected chi connectivity index (χ3v) is 3.97. The highest BCUT2D eigenvalue weighted by molar-refractivity contribution is 5.89. The van der Waals surface area contributed by atoms with Crippen LogP contribution in [0, 0.1) is 0 Å². The van der Waals surface area contributed by atoms with Gasteiger partial charge >= 0.3 is 0 Å².